The van der Waals surface area contributed by atoms with Gasteiger partial charge in [-0.2, -0.15) is 0 Å². The molecule has 1 saturated heterocycles. The Kier molecular flexibility index (Phi) is 7.13. The molecule has 31 heavy (non-hydrogen) atoms. The van der Waals surface area contributed by atoms with E-state index in [2.05, 4.69) is 57.6 Å². The normalized spacial score (nSPS) is 21.5. The molecule has 0 aromatic heterocycles. The summed E-state index contributed by atoms with van der Waals surface area (Å²) in [5.74, 6) is -0.995. The Labute approximate surface area is 186 Å². The molecule has 2 N–H and O–H groups in total. The Balaban J connectivity index is 1.42. The molecule has 2 fully saturated rings. The zero-order chi connectivity index (χ0) is 21.8. The molecular weight excluding hydrogens is 390 g/mol. The minimum atomic E-state index is -0.509. The van der Waals surface area contributed by atoms with Crippen molar-refractivity contribution in [2.45, 2.75) is 50.6 Å². The number of likely N-dealkylation sites (N-methyl/N-ethyl adjacent to an activating group) is 2. The van der Waals surface area contributed by atoms with E-state index in [0.29, 0.717) is 6.54 Å². The second-order valence-corrected chi connectivity index (χ2v) is 9.43. The van der Waals surface area contributed by atoms with Gasteiger partial charge < -0.3 is 20.4 Å². The first-order chi connectivity index (χ1) is 15.0. The van der Waals surface area contributed by atoms with Gasteiger partial charge in [-0.25, -0.2) is 0 Å². The van der Waals surface area contributed by atoms with Crippen LogP contribution in [0.1, 0.15) is 49.3 Å². The van der Waals surface area contributed by atoms with Crippen LogP contribution in [0.4, 0.5) is 5.69 Å². The second kappa shape index (κ2) is 10.0. The lowest BCUT2D eigenvalue weighted by Crippen LogP contribution is -2.50. The lowest BCUT2D eigenvalue weighted by atomic mass is 9.95. The molecule has 1 unspecified atom stereocenters. The SMILES string of the molecule is CN1CCN(C(CNC(=O)C(=O)NC2CCCCC2)c2ccc3c(c2)CCN3C)CC1. The summed E-state index contributed by atoms with van der Waals surface area (Å²) in [6.45, 7) is 5.45. The lowest BCUT2D eigenvalue weighted by Gasteiger charge is -2.38. The van der Waals surface area contributed by atoms with Crippen molar-refractivity contribution in [3.05, 3.63) is 29.3 Å². The second-order valence-electron chi connectivity index (χ2n) is 9.43. The van der Waals surface area contributed by atoms with Crippen LogP contribution in [0, 0.1) is 0 Å². The van der Waals surface area contributed by atoms with Crippen molar-refractivity contribution in [1.29, 1.82) is 0 Å². The van der Waals surface area contributed by atoms with Crippen LogP contribution >= 0.6 is 0 Å². The lowest BCUT2D eigenvalue weighted by molar-refractivity contribution is -0.139. The van der Waals surface area contributed by atoms with Crippen LogP contribution in [0.2, 0.25) is 0 Å². The fourth-order valence-corrected chi connectivity index (χ4v) is 5.15. The number of nitrogens with one attached hydrogen (secondary N) is 2. The van der Waals surface area contributed by atoms with E-state index < -0.39 is 11.8 Å². The van der Waals surface area contributed by atoms with Crippen molar-refractivity contribution < 1.29 is 9.59 Å². The average Bonchev–Trinajstić information content (AvgIpc) is 3.16. The van der Waals surface area contributed by atoms with E-state index in [4.69, 9.17) is 0 Å². The topological polar surface area (TPSA) is 67.9 Å². The van der Waals surface area contributed by atoms with Crippen molar-refractivity contribution in [2.24, 2.45) is 0 Å². The molecule has 1 aromatic rings. The smallest absolute Gasteiger partial charge is 0.309 e. The van der Waals surface area contributed by atoms with Crippen LogP contribution in [-0.4, -0.2) is 81.0 Å². The van der Waals surface area contributed by atoms with Gasteiger partial charge in [-0.1, -0.05) is 31.4 Å². The maximum absolute atomic E-state index is 12.6. The molecule has 0 radical (unpaired) electrons. The number of benzene rings is 1. The van der Waals surface area contributed by atoms with Crippen LogP contribution < -0.4 is 15.5 Å². The first-order valence-corrected chi connectivity index (χ1v) is 11.9. The molecule has 1 aliphatic carbocycles. The first kappa shape index (κ1) is 22.1. The van der Waals surface area contributed by atoms with Crippen LogP contribution in [-0.2, 0) is 16.0 Å². The van der Waals surface area contributed by atoms with Gasteiger partial charge in [0.2, 0.25) is 0 Å². The van der Waals surface area contributed by atoms with E-state index in [-0.39, 0.29) is 12.1 Å². The molecular formula is C24H37N5O2. The molecule has 1 aromatic carbocycles. The van der Waals surface area contributed by atoms with Crippen LogP contribution in [0.25, 0.3) is 0 Å². The Morgan fingerprint density at radius 2 is 1.74 bits per heavy atom. The van der Waals surface area contributed by atoms with Crippen molar-refractivity contribution in [1.82, 2.24) is 20.4 Å². The summed E-state index contributed by atoms with van der Waals surface area (Å²) in [7, 11) is 4.28. The molecule has 1 atom stereocenters. The number of nitrogens with zero attached hydrogens (tertiary/aromatic N) is 3. The largest absolute Gasteiger partial charge is 0.374 e. The Bertz CT molecular complexity index is 784. The summed E-state index contributed by atoms with van der Waals surface area (Å²) < 4.78 is 0. The van der Waals surface area contributed by atoms with Gasteiger partial charge in [-0.15, -0.1) is 0 Å². The highest BCUT2D eigenvalue weighted by Crippen LogP contribution is 2.31. The number of fused-ring (bicyclic) bond motifs is 1. The van der Waals surface area contributed by atoms with Gasteiger partial charge in [0.25, 0.3) is 0 Å². The standard InChI is InChI=1S/C24H37N5O2/c1-27-12-14-29(15-13-27)22(18-8-9-21-19(16-18)10-11-28(21)2)17-25-23(30)24(31)26-20-6-4-3-5-7-20/h8-9,16,20,22H,3-7,10-15,17H2,1-2H3,(H,25,30)(H,26,31). The Hall–Kier alpha value is -2.12. The summed E-state index contributed by atoms with van der Waals surface area (Å²) in [6, 6.07) is 6.93. The van der Waals surface area contributed by atoms with Crippen molar-refractivity contribution in [3.8, 4) is 0 Å². The van der Waals surface area contributed by atoms with E-state index in [9.17, 15) is 9.59 Å². The number of rotatable bonds is 5. The molecule has 3 aliphatic rings. The molecule has 2 aliphatic heterocycles. The summed E-state index contributed by atoms with van der Waals surface area (Å²) in [6.07, 6.45) is 6.50. The van der Waals surface area contributed by atoms with Crippen LogP contribution in [0.5, 0.6) is 0 Å². The fraction of sp³-hybridized carbons (Fsp3) is 0.667. The van der Waals surface area contributed by atoms with Crippen molar-refractivity contribution in [3.63, 3.8) is 0 Å². The molecule has 0 spiro atoms. The molecule has 170 valence electrons. The van der Waals surface area contributed by atoms with Crippen LogP contribution in [0.15, 0.2) is 18.2 Å². The third-order valence-electron chi connectivity index (χ3n) is 7.20. The van der Waals surface area contributed by atoms with Gasteiger partial charge in [0, 0.05) is 58.0 Å². The summed E-state index contributed by atoms with van der Waals surface area (Å²) in [5, 5.41) is 5.87. The average molecular weight is 428 g/mol. The number of hydrogen-bond acceptors (Lipinski definition) is 5. The predicted octanol–water partition coefficient (Wildman–Crippen LogP) is 1.53. The molecule has 7 heteroatoms. The number of carbonyl (C=O) groups is 2. The maximum Gasteiger partial charge on any atom is 0.309 e. The predicted molar refractivity (Wildman–Crippen MR) is 123 cm³/mol. The molecule has 4 rings (SSSR count). The highest BCUT2D eigenvalue weighted by molar-refractivity contribution is 6.35. The number of carbonyl (C=O) groups excluding carboxylic acids is 2. The highest BCUT2D eigenvalue weighted by atomic mass is 16.2. The molecule has 2 heterocycles. The Morgan fingerprint density at radius 3 is 2.48 bits per heavy atom. The fourth-order valence-electron chi connectivity index (χ4n) is 5.15. The number of piperazine rings is 1. The minimum absolute atomic E-state index is 0.0799. The van der Waals surface area contributed by atoms with Gasteiger partial charge in [-0.05, 0) is 43.5 Å². The third kappa shape index (κ3) is 5.39. The summed E-state index contributed by atoms with van der Waals surface area (Å²) in [5.41, 5.74) is 3.91. The van der Waals surface area contributed by atoms with E-state index in [1.807, 2.05) is 0 Å². The molecule has 0 bridgehead atoms. The highest BCUT2D eigenvalue weighted by Gasteiger charge is 2.27. The molecule has 7 nitrogen and oxygen atoms in total. The van der Waals surface area contributed by atoms with Crippen molar-refractivity contribution in [2.75, 3.05) is 58.3 Å². The van der Waals surface area contributed by atoms with Gasteiger partial charge in [0.05, 0.1) is 6.04 Å². The number of hydrogen-bond donors (Lipinski definition) is 2. The Morgan fingerprint density at radius 1 is 1.00 bits per heavy atom. The van der Waals surface area contributed by atoms with E-state index in [0.717, 1.165) is 64.8 Å². The summed E-state index contributed by atoms with van der Waals surface area (Å²) in [4.78, 5) is 32.1. The van der Waals surface area contributed by atoms with E-state index in [1.54, 1.807) is 0 Å². The zero-order valence-electron chi connectivity index (χ0n) is 19.0. The molecule has 2 amide bonds. The van der Waals surface area contributed by atoms with Gasteiger partial charge in [0.15, 0.2) is 0 Å². The van der Waals surface area contributed by atoms with Gasteiger partial charge in [0.1, 0.15) is 0 Å². The molecule has 1 saturated carbocycles. The number of anilines is 1. The van der Waals surface area contributed by atoms with Gasteiger partial charge in [-0.3, -0.25) is 14.5 Å². The van der Waals surface area contributed by atoms with E-state index >= 15 is 0 Å². The summed E-state index contributed by atoms with van der Waals surface area (Å²) >= 11 is 0. The monoisotopic (exact) mass is 427 g/mol. The maximum atomic E-state index is 12.6. The zero-order valence-corrected chi connectivity index (χ0v) is 19.0. The first-order valence-electron chi connectivity index (χ1n) is 11.9. The van der Waals surface area contributed by atoms with Crippen molar-refractivity contribution >= 4 is 17.5 Å². The van der Waals surface area contributed by atoms with Crippen LogP contribution in [0.3, 0.4) is 0 Å². The quantitative estimate of drug-likeness (QED) is 0.698. The minimum Gasteiger partial charge on any atom is -0.374 e. The van der Waals surface area contributed by atoms with Gasteiger partial charge >= 0.3 is 11.8 Å². The number of amides is 2. The third-order valence-corrected chi connectivity index (χ3v) is 7.20. The van der Waals surface area contributed by atoms with E-state index in [1.165, 1.54) is 23.2 Å².